The van der Waals surface area contributed by atoms with Crippen LogP contribution in [0.2, 0.25) is 0 Å². The number of sulfonamides is 1. The lowest BCUT2D eigenvalue weighted by Crippen LogP contribution is -2.40. The Balaban J connectivity index is 1.97. The summed E-state index contributed by atoms with van der Waals surface area (Å²) in [5.41, 5.74) is 0. The van der Waals surface area contributed by atoms with Crippen molar-refractivity contribution in [3.8, 4) is 0 Å². The van der Waals surface area contributed by atoms with Gasteiger partial charge < -0.3 is 5.32 Å². The molecule has 1 aromatic rings. The van der Waals surface area contributed by atoms with Crippen molar-refractivity contribution >= 4 is 10.0 Å². The fraction of sp³-hybridized carbons (Fsp3) is 0.750. The van der Waals surface area contributed by atoms with Gasteiger partial charge in [0.25, 0.3) is 0 Å². The quantitative estimate of drug-likeness (QED) is 0.852. The Morgan fingerprint density at radius 1 is 1.42 bits per heavy atom. The molecule has 1 saturated heterocycles. The Labute approximate surface area is 114 Å². The van der Waals surface area contributed by atoms with Crippen LogP contribution in [0.25, 0.3) is 0 Å². The maximum absolute atomic E-state index is 12.4. The fourth-order valence-corrected chi connectivity index (χ4v) is 3.84. The van der Waals surface area contributed by atoms with E-state index in [1.54, 1.807) is 17.5 Å². The Bertz CT molecular complexity index is 504. The summed E-state index contributed by atoms with van der Waals surface area (Å²) in [6, 6.07) is 0. The molecule has 0 aliphatic carbocycles. The summed E-state index contributed by atoms with van der Waals surface area (Å²) in [5.74, 6) is 0.584. The summed E-state index contributed by atoms with van der Waals surface area (Å²) in [6.07, 6.45) is 4.82. The van der Waals surface area contributed by atoms with Crippen LogP contribution in [0.3, 0.4) is 0 Å². The molecule has 0 saturated carbocycles. The van der Waals surface area contributed by atoms with Crippen LogP contribution in [0.5, 0.6) is 0 Å². The zero-order chi connectivity index (χ0) is 13.9. The molecule has 0 aromatic carbocycles. The van der Waals surface area contributed by atoms with Crippen LogP contribution in [0.4, 0.5) is 0 Å². The maximum atomic E-state index is 12.4. The summed E-state index contributed by atoms with van der Waals surface area (Å²) in [7, 11) is -1.63. The zero-order valence-electron chi connectivity index (χ0n) is 11.5. The molecule has 0 atom stereocenters. The first-order valence-corrected chi connectivity index (χ1v) is 8.17. The SMILES string of the molecule is CCNCC1CCN(S(=O)(=O)c2cnn(C)c2)CC1. The second-order valence-corrected chi connectivity index (χ2v) is 6.94. The van der Waals surface area contributed by atoms with E-state index in [1.165, 1.54) is 10.9 Å². The summed E-state index contributed by atoms with van der Waals surface area (Å²) < 4.78 is 27.9. The van der Waals surface area contributed by atoms with Crippen molar-refractivity contribution in [3.63, 3.8) is 0 Å². The Morgan fingerprint density at radius 3 is 2.63 bits per heavy atom. The standard InChI is InChI=1S/C12H22N4O2S/c1-3-13-8-11-4-6-16(7-5-11)19(17,18)12-9-14-15(2)10-12/h9-11,13H,3-8H2,1-2H3. The molecular formula is C12H22N4O2S. The van der Waals surface area contributed by atoms with Crippen LogP contribution in [0, 0.1) is 5.92 Å². The molecule has 1 aliphatic heterocycles. The number of aromatic nitrogens is 2. The van der Waals surface area contributed by atoms with Crippen LogP contribution < -0.4 is 5.32 Å². The van der Waals surface area contributed by atoms with E-state index in [9.17, 15) is 8.42 Å². The molecular weight excluding hydrogens is 264 g/mol. The monoisotopic (exact) mass is 286 g/mol. The van der Waals surface area contributed by atoms with Crippen molar-refractivity contribution in [2.75, 3.05) is 26.2 Å². The van der Waals surface area contributed by atoms with Gasteiger partial charge in [-0.2, -0.15) is 9.40 Å². The van der Waals surface area contributed by atoms with Gasteiger partial charge in [-0.05, 0) is 31.8 Å². The van der Waals surface area contributed by atoms with Crippen molar-refractivity contribution in [2.24, 2.45) is 13.0 Å². The van der Waals surface area contributed by atoms with Crippen molar-refractivity contribution in [1.82, 2.24) is 19.4 Å². The summed E-state index contributed by atoms with van der Waals surface area (Å²) in [6.45, 7) is 5.24. The molecule has 0 unspecified atom stereocenters. The summed E-state index contributed by atoms with van der Waals surface area (Å²) >= 11 is 0. The second-order valence-electron chi connectivity index (χ2n) is 5.00. The number of nitrogens with zero attached hydrogens (tertiary/aromatic N) is 3. The van der Waals surface area contributed by atoms with E-state index in [1.807, 2.05) is 0 Å². The molecule has 2 rings (SSSR count). The van der Waals surface area contributed by atoms with Gasteiger partial charge in [0.2, 0.25) is 10.0 Å². The predicted molar refractivity (Wildman–Crippen MR) is 73.2 cm³/mol. The average Bonchev–Trinajstić information content (AvgIpc) is 2.84. The van der Waals surface area contributed by atoms with Crippen molar-refractivity contribution in [2.45, 2.75) is 24.7 Å². The highest BCUT2D eigenvalue weighted by Gasteiger charge is 2.29. The number of piperidine rings is 1. The third-order valence-corrected chi connectivity index (χ3v) is 5.43. The minimum Gasteiger partial charge on any atom is -0.317 e. The molecule has 2 heterocycles. The van der Waals surface area contributed by atoms with Crippen LogP contribution in [0.15, 0.2) is 17.3 Å². The minimum atomic E-state index is -3.36. The number of hydrogen-bond donors (Lipinski definition) is 1. The Hall–Kier alpha value is -0.920. The van der Waals surface area contributed by atoms with Gasteiger partial charge in [0.15, 0.2) is 0 Å². The van der Waals surface area contributed by atoms with Gasteiger partial charge in [-0.15, -0.1) is 0 Å². The van der Waals surface area contributed by atoms with E-state index in [-0.39, 0.29) is 0 Å². The van der Waals surface area contributed by atoms with Crippen molar-refractivity contribution in [1.29, 1.82) is 0 Å². The zero-order valence-corrected chi connectivity index (χ0v) is 12.4. The van der Waals surface area contributed by atoms with Gasteiger partial charge in [0, 0.05) is 26.3 Å². The largest absolute Gasteiger partial charge is 0.317 e. The molecule has 0 spiro atoms. The topological polar surface area (TPSA) is 67.2 Å². The van der Waals surface area contributed by atoms with Gasteiger partial charge >= 0.3 is 0 Å². The first kappa shape index (κ1) is 14.5. The molecule has 0 amide bonds. The molecule has 1 fully saturated rings. The van der Waals surface area contributed by atoms with Gasteiger partial charge in [0.1, 0.15) is 4.90 Å². The van der Waals surface area contributed by atoms with E-state index >= 15 is 0 Å². The van der Waals surface area contributed by atoms with Crippen molar-refractivity contribution in [3.05, 3.63) is 12.4 Å². The molecule has 1 aromatic heterocycles. The molecule has 108 valence electrons. The Kier molecular flexibility index (Phi) is 4.59. The molecule has 1 aliphatic rings. The Morgan fingerprint density at radius 2 is 2.11 bits per heavy atom. The van der Waals surface area contributed by atoms with E-state index in [0.717, 1.165) is 25.9 Å². The summed E-state index contributed by atoms with van der Waals surface area (Å²) in [5, 5.41) is 7.26. The highest BCUT2D eigenvalue weighted by molar-refractivity contribution is 7.89. The number of aryl methyl sites for hydroxylation is 1. The smallest absolute Gasteiger partial charge is 0.246 e. The van der Waals surface area contributed by atoms with E-state index < -0.39 is 10.0 Å². The first-order chi connectivity index (χ1) is 9.04. The fourth-order valence-electron chi connectivity index (χ4n) is 2.38. The van der Waals surface area contributed by atoms with E-state index in [0.29, 0.717) is 23.9 Å². The van der Waals surface area contributed by atoms with Crippen LogP contribution in [0.1, 0.15) is 19.8 Å². The van der Waals surface area contributed by atoms with E-state index in [2.05, 4.69) is 17.3 Å². The lowest BCUT2D eigenvalue weighted by Gasteiger charge is -2.30. The van der Waals surface area contributed by atoms with E-state index in [4.69, 9.17) is 0 Å². The number of hydrogen-bond acceptors (Lipinski definition) is 4. The predicted octanol–water partition coefficient (Wildman–Crippen LogP) is 0.430. The highest BCUT2D eigenvalue weighted by Crippen LogP contribution is 2.23. The van der Waals surface area contributed by atoms with Crippen molar-refractivity contribution < 1.29 is 8.42 Å². The number of rotatable bonds is 5. The third kappa shape index (κ3) is 3.34. The molecule has 19 heavy (non-hydrogen) atoms. The minimum absolute atomic E-state index is 0.292. The molecule has 0 bridgehead atoms. The van der Waals surface area contributed by atoms with Gasteiger partial charge in [-0.1, -0.05) is 6.92 Å². The molecule has 7 heteroatoms. The lowest BCUT2D eigenvalue weighted by molar-refractivity contribution is 0.268. The third-order valence-electron chi connectivity index (χ3n) is 3.58. The number of nitrogens with one attached hydrogen (secondary N) is 1. The average molecular weight is 286 g/mol. The van der Waals surface area contributed by atoms with Crippen LogP contribution in [-0.2, 0) is 17.1 Å². The van der Waals surface area contributed by atoms with Crippen LogP contribution in [-0.4, -0.2) is 48.7 Å². The normalized spacial score (nSPS) is 18.8. The highest BCUT2D eigenvalue weighted by atomic mass is 32.2. The second kappa shape index (κ2) is 6.02. The van der Waals surface area contributed by atoms with Gasteiger partial charge in [0.05, 0.1) is 6.20 Å². The molecule has 0 radical (unpaired) electrons. The maximum Gasteiger partial charge on any atom is 0.246 e. The summed E-state index contributed by atoms with van der Waals surface area (Å²) in [4.78, 5) is 0.292. The van der Waals surface area contributed by atoms with Gasteiger partial charge in [-0.3, -0.25) is 4.68 Å². The van der Waals surface area contributed by atoms with Gasteiger partial charge in [-0.25, -0.2) is 8.42 Å². The molecule has 6 nitrogen and oxygen atoms in total. The lowest BCUT2D eigenvalue weighted by atomic mass is 9.98. The van der Waals surface area contributed by atoms with Crippen LogP contribution >= 0.6 is 0 Å². The first-order valence-electron chi connectivity index (χ1n) is 6.73. The molecule has 1 N–H and O–H groups in total.